The lowest BCUT2D eigenvalue weighted by Crippen LogP contribution is -1.90. The highest BCUT2D eigenvalue weighted by Crippen LogP contribution is 2.27. The molecule has 0 atom stereocenters. The van der Waals surface area contributed by atoms with E-state index in [1.807, 2.05) is 31.3 Å². The van der Waals surface area contributed by atoms with Crippen LogP contribution in [-0.2, 0) is 0 Å². The lowest BCUT2D eigenvalue weighted by atomic mass is 10.0. The number of anilines is 1. The quantitative estimate of drug-likeness (QED) is 0.872. The maximum atomic E-state index is 13.9. The van der Waals surface area contributed by atoms with Crippen molar-refractivity contribution in [3.8, 4) is 16.9 Å². The summed E-state index contributed by atoms with van der Waals surface area (Å²) in [4.78, 5) is 0. The molecule has 0 heterocycles. The van der Waals surface area contributed by atoms with Gasteiger partial charge in [-0.25, -0.2) is 4.39 Å². The van der Waals surface area contributed by atoms with Crippen molar-refractivity contribution in [2.24, 2.45) is 0 Å². The summed E-state index contributed by atoms with van der Waals surface area (Å²) in [6, 6.07) is 12.5. The molecule has 0 aliphatic rings. The van der Waals surface area contributed by atoms with Crippen LogP contribution in [0.3, 0.4) is 0 Å². The van der Waals surface area contributed by atoms with Gasteiger partial charge >= 0.3 is 0 Å². The van der Waals surface area contributed by atoms with E-state index < -0.39 is 0 Å². The number of rotatable bonds is 3. The van der Waals surface area contributed by atoms with Crippen LogP contribution >= 0.6 is 0 Å². The summed E-state index contributed by atoms with van der Waals surface area (Å²) in [6.07, 6.45) is 0. The fraction of sp³-hybridized carbons (Fsp3) is 0.143. The standard InChI is InChI=1S/C14H14FNO/c1-16-11-5-3-4-10(8-11)13-7-6-12(17-2)9-14(13)15/h3-9,16H,1-2H3. The molecule has 0 amide bonds. The zero-order chi connectivity index (χ0) is 12.3. The molecule has 88 valence electrons. The second kappa shape index (κ2) is 4.87. The van der Waals surface area contributed by atoms with Gasteiger partial charge in [-0.15, -0.1) is 0 Å². The van der Waals surface area contributed by atoms with Gasteiger partial charge in [0.2, 0.25) is 0 Å². The van der Waals surface area contributed by atoms with Crippen molar-refractivity contribution in [2.45, 2.75) is 0 Å². The summed E-state index contributed by atoms with van der Waals surface area (Å²) in [7, 11) is 3.36. The Balaban J connectivity index is 2.45. The first-order valence-corrected chi connectivity index (χ1v) is 5.36. The maximum absolute atomic E-state index is 13.9. The number of nitrogens with one attached hydrogen (secondary N) is 1. The van der Waals surface area contributed by atoms with Crippen LogP contribution in [0.5, 0.6) is 5.75 Å². The molecule has 0 radical (unpaired) electrons. The summed E-state index contributed by atoms with van der Waals surface area (Å²) < 4.78 is 18.8. The largest absolute Gasteiger partial charge is 0.497 e. The molecule has 0 saturated heterocycles. The first-order valence-electron chi connectivity index (χ1n) is 5.36. The maximum Gasteiger partial charge on any atom is 0.134 e. The van der Waals surface area contributed by atoms with Gasteiger partial charge in [0, 0.05) is 24.4 Å². The fourth-order valence-corrected chi connectivity index (χ4v) is 1.70. The summed E-state index contributed by atoms with van der Waals surface area (Å²) in [5.74, 6) is 0.244. The van der Waals surface area contributed by atoms with Gasteiger partial charge in [0.05, 0.1) is 7.11 Å². The van der Waals surface area contributed by atoms with Gasteiger partial charge in [-0.2, -0.15) is 0 Å². The minimum atomic E-state index is -0.280. The summed E-state index contributed by atoms with van der Waals surface area (Å²) >= 11 is 0. The van der Waals surface area contributed by atoms with Gasteiger partial charge in [0.1, 0.15) is 11.6 Å². The Labute approximate surface area is 100 Å². The van der Waals surface area contributed by atoms with Crippen molar-refractivity contribution in [1.82, 2.24) is 0 Å². The number of methoxy groups -OCH3 is 1. The van der Waals surface area contributed by atoms with E-state index in [1.165, 1.54) is 13.2 Å². The second-order valence-corrected chi connectivity index (χ2v) is 3.68. The topological polar surface area (TPSA) is 21.3 Å². The Hall–Kier alpha value is -2.03. The van der Waals surface area contributed by atoms with Gasteiger partial charge < -0.3 is 10.1 Å². The highest BCUT2D eigenvalue weighted by Gasteiger charge is 2.06. The molecular weight excluding hydrogens is 217 g/mol. The Bertz CT molecular complexity index is 525. The zero-order valence-electron chi connectivity index (χ0n) is 9.83. The van der Waals surface area contributed by atoms with Crippen molar-refractivity contribution in [3.05, 3.63) is 48.3 Å². The fourth-order valence-electron chi connectivity index (χ4n) is 1.70. The highest BCUT2D eigenvalue weighted by atomic mass is 19.1. The third-order valence-corrected chi connectivity index (χ3v) is 2.64. The van der Waals surface area contributed by atoms with Crippen molar-refractivity contribution >= 4 is 5.69 Å². The molecule has 0 aromatic heterocycles. The average molecular weight is 231 g/mol. The average Bonchev–Trinajstić information content (AvgIpc) is 2.38. The van der Waals surface area contributed by atoms with Crippen LogP contribution in [0.25, 0.3) is 11.1 Å². The van der Waals surface area contributed by atoms with E-state index in [2.05, 4.69) is 5.32 Å². The predicted molar refractivity (Wildman–Crippen MR) is 67.9 cm³/mol. The molecule has 2 nitrogen and oxygen atoms in total. The third kappa shape index (κ3) is 2.38. The Morgan fingerprint density at radius 1 is 1.12 bits per heavy atom. The van der Waals surface area contributed by atoms with Gasteiger partial charge in [-0.1, -0.05) is 12.1 Å². The highest BCUT2D eigenvalue weighted by molar-refractivity contribution is 5.69. The number of hydrogen-bond acceptors (Lipinski definition) is 2. The number of ether oxygens (including phenoxy) is 1. The van der Waals surface area contributed by atoms with Crippen molar-refractivity contribution in [1.29, 1.82) is 0 Å². The van der Waals surface area contributed by atoms with E-state index in [0.717, 1.165) is 11.3 Å². The van der Waals surface area contributed by atoms with Crippen LogP contribution in [0.2, 0.25) is 0 Å². The smallest absolute Gasteiger partial charge is 0.134 e. The van der Waals surface area contributed by atoms with Crippen LogP contribution in [0.15, 0.2) is 42.5 Å². The van der Waals surface area contributed by atoms with E-state index in [0.29, 0.717) is 11.3 Å². The molecule has 0 spiro atoms. The molecule has 1 N–H and O–H groups in total. The Kier molecular flexibility index (Phi) is 3.28. The van der Waals surface area contributed by atoms with E-state index in [1.54, 1.807) is 12.1 Å². The van der Waals surface area contributed by atoms with Crippen LogP contribution in [0.1, 0.15) is 0 Å². The molecule has 2 rings (SSSR count). The number of benzene rings is 2. The molecule has 3 heteroatoms. The molecule has 0 aliphatic carbocycles. The lowest BCUT2D eigenvalue weighted by Gasteiger charge is -2.07. The van der Waals surface area contributed by atoms with Crippen molar-refractivity contribution in [3.63, 3.8) is 0 Å². The Morgan fingerprint density at radius 2 is 1.94 bits per heavy atom. The van der Waals surface area contributed by atoms with Gasteiger partial charge in [0.25, 0.3) is 0 Å². The molecular formula is C14H14FNO. The molecule has 17 heavy (non-hydrogen) atoms. The molecule has 0 saturated carbocycles. The van der Waals surface area contributed by atoms with Crippen LogP contribution < -0.4 is 10.1 Å². The van der Waals surface area contributed by atoms with Crippen LogP contribution in [-0.4, -0.2) is 14.2 Å². The third-order valence-electron chi connectivity index (χ3n) is 2.64. The first kappa shape index (κ1) is 11.5. The number of halogens is 1. The molecule has 2 aromatic rings. The zero-order valence-corrected chi connectivity index (χ0v) is 9.83. The van der Waals surface area contributed by atoms with E-state index in [-0.39, 0.29) is 5.82 Å². The van der Waals surface area contributed by atoms with Crippen molar-refractivity contribution in [2.75, 3.05) is 19.5 Å². The van der Waals surface area contributed by atoms with Gasteiger partial charge in [0.15, 0.2) is 0 Å². The lowest BCUT2D eigenvalue weighted by molar-refractivity contribution is 0.411. The predicted octanol–water partition coefficient (Wildman–Crippen LogP) is 3.54. The summed E-state index contributed by atoms with van der Waals surface area (Å²) in [5, 5.41) is 3.03. The van der Waals surface area contributed by atoms with Crippen LogP contribution in [0, 0.1) is 5.82 Å². The molecule has 0 unspecified atom stereocenters. The molecule has 0 bridgehead atoms. The van der Waals surface area contributed by atoms with E-state index >= 15 is 0 Å². The molecule has 2 aromatic carbocycles. The Morgan fingerprint density at radius 3 is 2.59 bits per heavy atom. The number of hydrogen-bond donors (Lipinski definition) is 1. The molecule has 0 fully saturated rings. The summed E-state index contributed by atoms with van der Waals surface area (Å²) in [6.45, 7) is 0. The first-order chi connectivity index (χ1) is 8.24. The minimum Gasteiger partial charge on any atom is -0.497 e. The minimum absolute atomic E-state index is 0.280. The van der Waals surface area contributed by atoms with Gasteiger partial charge in [-0.3, -0.25) is 0 Å². The van der Waals surface area contributed by atoms with E-state index in [9.17, 15) is 4.39 Å². The van der Waals surface area contributed by atoms with Crippen LogP contribution in [0.4, 0.5) is 10.1 Å². The normalized spacial score (nSPS) is 10.1. The van der Waals surface area contributed by atoms with Crippen molar-refractivity contribution < 1.29 is 9.13 Å². The SMILES string of the molecule is CNc1cccc(-c2ccc(OC)cc2F)c1. The molecule has 0 aliphatic heterocycles. The van der Waals surface area contributed by atoms with E-state index in [4.69, 9.17) is 4.74 Å². The monoisotopic (exact) mass is 231 g/mol. The summed E-state index contributed by atoms with van der Waals surface area (Å²) in [5.41, 5.74) is 2.37. The second-order valence-electron chi connectivity index (χ2n) is 3.68. The van der Waals surface area contributed by atoms with Gasteiger partial charge in [-0.05, 0) is 29.8 Å².